The molecule has 5 nitrogen and oxygen atoms in total. The number of benzene rings is 1. The van der Waals surface area contributed by atoms with Gasteiger partial charge in [0.15, 0.2) is 0 Å². The minimum absolute atomic E-state index is 0.244. The molecule has 0 radical (unpaired) electrons. The van der Waals surface area contributed by atoms with E-state index in [1.54, 1.807) is 6.07 Å². The zero-order valence-corrected chi connectivity index (χ0v) is 10.2. The highest BCUT2D eigenvalue weighted by atomic mass is 35.5. The Labute approximate surface area is 104 Å². The van der Waals surface area contributed by atoms with Crippen LogP contribution in [0.25, 0.3) is 0 Å². The molecule has 94 valence electrons. The number of nitrogens with one attached hydrogen (secondary N) is 1. The molecule has 0 bridgehead atoms. The summed E-state index contributed by atoms with van der Waals surface area (Å²) in [5.41, 5.74) is 5.07. The molecule has 0 spiro atoms. The zero-order valence-electron chi connectivity index (χ0n) is 9.40. The molecule has 1 amide bonds. The van der Waals surface area contributed by atoms with Crippen molar-refractivity contribution in [3.8, 4) is 0 Å². The Morgan fingerprint density at radius 2 is 2.06 bits per heavy atom. The summed E-state index contributed by atoms with van der Waals surface area (Å²) in [7, 11) is 0. The SMILES string of the molecule is CC(CO)(CO)NC(=O)c1ccc(Cl)cc1N. The summed E-state index contributed by atoms with van der Waals surface area (Å²) < 4.78 is 0. The van der Waals surface area contributed by atoms with Crippen molar-refractivity contribution in [1.29, 1.82) is 0 Å². The first-order chi connectivity index (χ1) is 7.91. The summed E-state index contributed by atoms with van der Waals surface area (Å²) in [6, 6.07) is 4.50. The summed E-state index contributed by atoms with van der Waals surface area (Å²) in [6.45, 7) is 0.780. The maximum Gasteiger partial charge on any atom is 0.253 e. The molecule has 0 saturated carbocycles. The molecule has 1 aromatic carbocycles. The topological polar surface area (TPSA) is 95.6 Å². The molecule has 1 rings (SSSR count). The van der Waals surface area contributed by atoms with Gasteiger partial charge in [0.1, 0.15) is 0 Å². The number of nitrogen functional groups attached to an aromatic ring is 1. The van der Waals surface area contributed by atoms with Gasteiger partial charge in [-0.25, -0.2) is 0 Å². The van der Waals surface area contributed by atoms with Gasteiger partial charge in [-0.3, -0.25) is 4.79 Å². The van der Waals surface area contributed by atoms with Crippen molar-refractivity contribution in [3.05, 3.63) is 28.8 Å². The van der Waals surface area contributed by atoms with Gasteiger partial charge in [0.25, 0.3) is 5.91 Å². The minimum Gasteiger partial charge on any atom is -0.398 e. The smallest absolute Gasteiger partial charge is 0.253 e. The van der Waals surface area contributed by atoms with Crippen LogP contribution in [0.5, 0.6) is 0 Å². The molecule has 0 aromatic heterocycles. The van der Waals surface area contributed by atoms with Crippen molar-refractivity contribution in [2.45, 2.75) is 12.5 Å². The van der Waals surface area contributed by atoms with Crippen molar-refractivity contribution in [3.63, 3.8) is 0 Å². The van der Waals surface area contributed by atoms with E-state index in [9.17, 15) is 4.79 Å². The molecule has 0 fully saturated rings. The number of hydrogen-bond donors (Lipinski definition) is 4. The molecule has 0 aliphatic heterocycles. The molecular weight excluding hydrogens is 244 g/mol. The summed E-state index contributed by atoms with van der Waals surface area (Å²) in [4.78, 5) is 11.9. The van der Waals surface area contributed by atoms with E-state index >= 15 is 0 Å². The van der Waals surface area contributed by atoms with Gasteiger partial charge in [-0.2, -0.15) is 0 Å². The Kier molecular flexibility index (Phi) is 4.34. The van der Waals surface area contributed by atoms with Crippen molar-refractivity contribution in [2.24, 2.45) is 0 Å². The predicted octanol–water partition coefficient (Wildman–Crippen LogP) is 0.395. The maximum absolute atomic E-state index is 11.9. The van der Waals surface area contributed by atoms with Gasteiger partial charge >= 0.3 is 0 Å². The predicted molar refractivity (Wildman–Crippen MR) is 65.9 cm³/mol. The van der Waals surface area contributed by atoms with Crippen LogP contribution in [0.3, 0.4) is 0 Å². The molecule has 0 saturated heterocycles. The van der Waals surface area contributed by atoms with Crippen molar-refractivity contribution in [2.75, 3.05) is 18.9 Å². The molecule has 0 heterocycles. The summed E-state index contributed by atoms with van der Waals surface area (Å²) >= 11 is 5.72. The number of hydrogen-bond acceptors (Lipinski definition) is 4. The van der Waals surface area contributed by atoms with E-state index < -0.39 is 11.4 Å². The van der Waals surface area contributed by atoms with E-state index in [0.717, 1.165) is 0 Å². The lowest BCUT2D eigenvalue weighted by Gasteiger charge is -2.26. The number of carbonyl (C=O) groups excluding carboxylic acids is 1. The van der Waals surface area contributed by atoms with E-state index in [2.05, 4.69) is 5.32 Å². The third-order valence-electron chi connectivity index (χ3n) is 2.37. The molecule has 17 heavy (non-hydrogen) atoms. The second kappa shape index (κ2) is 5.35. The van der Waals surface area contributed by atoms with Crippen LogP contribution >= 0.6 is 11.6 Å². The van der Waals surface area contributed by atoms with Gasteiger partial charge < -0.3 is 21.3 Å². The monoisotopic (exact) mass is 258 g/mol. The van der Waals surface area contributed by atoms with Crippen LogP contribution < -0.4 is 11.1 Å². The third kappa shape index (κ3) is 3.33. The minimum atomic E-state index is -1.08. The number of aliphatic hydroxyl groups excluding tert-OH is 2. The van der Waals surface area contributed by atoms with Gasteiger partial charge in [0.05, 0.1) is 24.3 Å². The van der Waals surface area contributed by atoms with E-state index in [0.29, 0.717) is 5.02 Å². The number of carbonyl (C=O) groups is 1. The van der Waals surface area contributed by atoms with Crippen LogP contribution in [0.1, 0.15) is 17.3 Å². The highest BCUT2D eigenvalue weighted by Gasteiger charge is 2.25. The largest absolute Gasteiger partial charge is 0.398 e. The van der Waals surface area contributed by atoms with Crippen LogP contribution in [-0.4, -0.2) is 34.9 Å². The number of nitrogens with two attached hydrogens (primary N) is 1. The van der Waals surface area contributed by atoms with Crippen molar-refractivity contribution < 1.29 is 15.0 Å². The number of amides is 1. The lowest BCUT2D eigenvalue weighted by atomic mass is 10.0. The molecule has 0 atom stereocenters. The van der Waals surface area contributed by atoms with Crippen LogP contribution in [0, 0.1) is 0 Å². The van der Waals surface area contributed by atoms with Crippen molar-refractivity contribution in [1.82, 2.24) is 5.32 Å². The van der Waals surface area contributed by atoms with Crippen LogP contribution in [-0.2, 0) is 0 Å². The van der Waals surface area contributed by atoms with Gasteiger partial charge in [-0.05, 0) is 25.1 Å². The molecule has 6 heteroatoms. The third-order valence-corrected chi connectivity index (χ3v) is 2.61. The summed E-state index contributed by atoms with van der Waals surface area (Å²) in [6.07, 6.45) is 0. The summed E-state index contributed by atoms with van der Waals surface area (Å²) in [5, 5.41) is 21.1. The standard InChI is InChI=1S/C11H15ClN2O3/c1-11(5-15,6-16)14-10(17)8-3-2-7(12)4-9(8)13/h2-4,15-16H,5-6,13H2,1H3,(H,14,17). The van der Waals surface area contributed by atoms with E-state index in [1.165, 1.54) is 19.1 Å². The fourth-order valence-corrected chi connectivity index (χ4v) is 1.39. The highest BCUT2D eigenvalue weighted by Crippen LogP contribution is 2.18. The molecule has 1 aromatic rings. The highest BCUT2D eigenvalue weighted by molar-refractivity contribution is 6.31. The maximum atomic E-state index is 11.9. The Morgan fingerprint density at radius 3 is 2.53 bits per heavy atom. The van der Waals surface area contributed by atoms with E-state index in [-0.39, 0.29) is 24.5 Å². The second-order valence-corrected chi connectivity index (χ2v) is 4.50. The van der Waals surface area contributed by atoms with E-state index in [1.807, 2.05) is 0 Å². The van der Waals surface area contributed by atoms with Gasteiger partial charge in [0, 0.05) is 10.7 Å². The lowest BCUT2D eigenvalue weighted by Crippen LogP contribution is -2.51. The van der Waals surface area contributed by atoms with Crippen LogP contribution in [0.4, 0.5) is 5.69 Å². The molecular formula is C11H15ClN2O3. The van der Waals surface area contributed by atoms with E-state index in [4.69, 9.17) is 27.5 Å². The Bertz CT molecular complexity index is 419. The lowest BCUT2D eigenvalue weighted by molar-refractivity contribution is 0.0724. The molecule has 0 aliphatic rings. The first-order valence-electron chi connectivity index (χ1n) is 5.01. The first kappa shape index (κ1) is 13.8. The second-order valence-electron chi connectivity index (χ2n) is 4.06. The quantitative estimate of drug-likeness (QED) is 0.588. The van der Waals surface area contributed by atoms with Gasteiger partial charge in [-0.1, -0.05) is 11.6 Å². The fraction of sp³-hybridized carbons (Fsp3) is 0.364. The van der Waals surface area contributed by atoms with Gasteiger partial charge in [0.2, 0.25) is 0 Å². The summed E-state index contributed by atoms with van der Waals surface area (Å²) in [5.74, 6) is -0.468. The molecule has 5 N–H and O–H groups in total. The average molecular weight is 259 g/mol. The normalized spacial score (nSPS) is 11.3. The Hall–Kier alpha value is -1.30. The molecule has 0 aliphatic carbocycles. The average Bonchev–Trinajstić information content (AvgIpc) is 2.28. The molecule has 0 unspecified atom stereocenters. The van der Waals surface area contributed by atoms with Crippen LogP contribution in [0.15, 0.2) is 18.2 Å². The number of anilines is 1. The van der Waals surface area contributed by atoms with Crippen molar-refractivity contribution >= 4 is 23.2 Å². The first-order valence-corrected chi connectivity index (χ1v) is 5.39. The van der Waals surface area contributed by atoms with Crippen LogP contribution in [0.2, 0.25) is 5.02 Å². The Balaban J connectivity index is 2.90. The number of rotatable bonds is 4. The number of halogens is 1. The number of aliphatic hydroxyl groups is 2. The Morgan fingerprint density at radius 1 is 1.47 bits per heavy atom. The zero-order chi connectivity index (χ0) is 13.1. The fourth-order valence-electron chi connectivity index (χ4n) is 1.21. The van der Waals surface area contributed by atoms with Gasteiger partial charge in [-0.15, -0.1) is 0 Å².